The molecule has 0 saturated carbocycles. The number of halogens is 1. The molecule has 0 aromatic heterocycles. The van der Waals surface area contributed by atoms with Gasteiger partial charge in [-0.3, -0.25) is 9.69 Å². The number of carbonyl (C=O) groups excluding carboxylic acids is 1. The first-order valence-corrected chi connectivity index (χ1v) is 7.90. The lowest BCUT2D eigenvalue weighted by atomic mass is 9.95. The smallest absolute Gasteiger partial charge is 0.237 e. The Morgan fingerprint density at radius 2 is 2.25 bits per heavy atom. The van der Waals surface area contributed by atoms with Gasteiger partial charge in [0.25, 0.3) is 0 Å². The third kappa shape index (κ3) is 3.22. The van der Waals surface area contributed by atoms with Crippen molar-refractivity contribution >= 4 is 21.8 Å². The standard InChI is InChI=1S/C15H22BrN3O/c1-18-15(20)13-8-4-5-9-19(13)14(10-17)11-6-2-3-7-12(11)16/h2-3,6-7,13-14H,4-5,8-10,17H2,1H3,(H,18,20). The van der Waals surface area contributed by atoms with Gasteiger partial charge < -0.3 is 11.1 Å². The van der Waals surface area contributed by atoms with Crippen LogP contribution < -0.4 is 11.1 Å². The molecule has 2 unspecified atom stereocenters. The van der Waals surface area contributed by atoms with Crippen LogP contribution in [-0.2, 0) is 4.79 Å². The van der Waals surface area contributed by atoms with Gasteiger partial charge in [0.05, 0.1) is 6.04 Å². The summed E-state index contributed by atoms with van der Waals surface area (Å²) in [4.78, 5) is 14.4. The number of amides is 1. The Balaban J connectivity index is 2.29. The number of carbonyl (C=O) groups is 1. The van der Waals surface area contributed by atoms with E-state index in [1.54, 1.807) is 7.05 Å². The molecule has 1 aliphatic heterocycles. The Labute approximate surface area is 128 Å². The highest BCUT2D eigenvalue weighted by atomic mass is 79.9. The fourth-order valence-electron chi connectivity index (χ4n) is 2.96. The Hall–Kier alpha value is -0.910. The number of nitrogens with two attached hydrogens (primary N) is 1. The van der Waals surface area contributed by atoms with E-state index in [9.17, 15) is 4.79 Å². The van der Waals surface area contributed by atoms with Crippen LogP contribution in [0, 0.1) is 0 Å². The summed E-state index contributed by atoms with van der Waals surface area (Å²) in [5, 5.41) is 2.78. The van der Waals surface area contributed by atoms with Crippen LogP contribution in [0.4, 0.5) is 0 Å². The molecule has 1 aromatic rings. The van der Waals surface area contributed by atoms with Crippen molar-refractivity contribution in [3.05, 3.63) is 34.3 Å². The average molecular weight is 340 g/mol. The molecule has 3 N–H and O–H groups in total. The van der Waals surface area contributed by atoms with Crippen LogP contribution in [0.2, 0.25) is 0 Å². The van der Waals surface area contributed by atoms with E-state index < -0.39 is 0 Å². The molecule has 1 heterocycles. The number of nitrogens with one attached hydrogen (secondary N) is 1. The van der Waals surface area contributed by atoms with Crippen molar-refractivity contribution in [2.75, 3.05) is 20.1 Å². The molecule has 1 fully saturated rings. The van der Waals surface area contributed by atoms with Crippen LogP contribution in [0.1, 0.15) is 30.9 Å². The normalized spacial score (nSPS) is 21.4. The van der Waals surface area contributed by atoms with Gasteiger partial charge in [-0.05, 0) is 31.0 Å². The maximum absolute atomic E-state index is 12.1. The molecule has 4 nitrogen and oxygen atoms in total. The zero-order chi connectivity index (χ0) is 14.5. The Bertz CT molecular complexity index is 466. The van der Waals surface area contributed by atoms with Crippen LogP contribution in [0.5, 0.6) is 0 Å². The molecule has 5 heteroatoms. The third-order valence-corrected chi connectivity index (χ3v) is 4.70. The number of benzene rings is 1. The van der Waals surface area contributed by atoms with E-state index in [2.05, 4.69) is 32.2 Å². The summed E-state index contributed by atoms with van der Waals surface area (Å²) in [6.07, 6.45) is 3.12. The van der Waals surface area contributed by atoms with Gasteiger partial charge in [-0.15, -0.1) is 0 Å². The van der Waals surface area contributed by atoms with Crippen molar-refractivity contribution in [1.29, 1.82) is 0 Å². The summed E-state index contributed by atoms with van der Waals surface area (Å²) in [6, 6.07) is 8.12. The average Bonchev–Trinajstić information content (AvgIpc) is 2.49. The number of nitrogens with zero attached hydrogens (tertiary/aromatic N) is 1. The number of hydrogen-bond donors (Lipinski definition) is 2. The summed E-state index contributed by atoms with van der Waals surface area (Å²) < 4.78 is 1.05. The highest BCUT2D eigenvalue weighted by molar-refractivity contribution is 9.10. The number of piperidine rings is 1. The molecular weight excluding hydrogens is 318 g/mol. The minimum atomic E-state index is -0.0746. The van der Waals surface area contributed by atoms with E-state index in [-0.39, 0.29) is 18.0 Å². The fourth-order valence-corrected chi connectivity index (χ4v) is 3.51. The fraction of sp³-hybridized carbons (Fsp3) is 0.533. The summed E-state index contributed by atoms with van der Waals surface area (Å²) in [6.45, 7) is 1.43. The van der Waals surface area contributed by atoms with E-state index in [1.165, 1.54) is 0 Å². The van der Waals surface area contributed by atoms with E-state index in [0.717, 1.165) is 35.8 Å². The Morgan fingerprint density at radius 1 is 1.50 bits per heavy atom. The van der Waals surface area contributed by atoms with Crippen LogP contribution >= 0.6 is 15.9 Å². The first kappa shape index (κ1) is 15.5. The number of rotatable bonds is 4. The summed E-state index contributed by atoms with van der Waals surface area (Å²) >= 11 is 3.60. The molecule has 110 valence electrons. The molecule has 1 aromatic carbocycles. The van der Waals surface area contributed by atoms with E-state index in [4.69, 9.17) is 5.73 Å². The topological polar surface area (TPSA) is 58.4 Å². The second kappa shape index (κ2) is 7.20. The molecule has 1 aliphatic rings. The second-order valence-corrected chi connectivity index (χ2v) is 5.99. The van der Waals surface area contributed by atoms with Crippen molar-refractivity contribution in [2.45, 2.75) is 31.3 Å². The molecule has 0 spiro atoms. The molecule has 20 heavy (non-hydrogen) atoms. The predicted molar refractivity (Wildman–Crippen MR) is 84.3 cm³/mol. The van der Waals surface area contributed by atoms with Gasteiger partial charge >= 0.3 is 0 Å². The summed E-state index contributed by atoms with van der Waals surface area (Å²) in [5.41, 5.74) is 7.17. The van der Waals surface area contributed by atoms with Crippen LogP contribution in [0.3, 0.4) is 0 Å². The van der Waals surface area contributed by atoms with Crippen molar-refractivity contribution in [2.24, 2.45) is 5.73 Å². The molecular formula is C15H22BrN3O. The quantitative estimate of drug-likeness (QED) is 0.882. The highest BCUT2D eigenvalue weighted by Gasteiger charge is 2.33. The maximum Gasteiger partial charge on any atom is 0.237 e. The van der Waals surface area contributed by atoms with E-state index in [0.29, 0.717) is 6.54 Å². The Kier molecular flexibility index (Phi) is 5.57. The van der Waals surface area contributed by atoms with Crippen molar-refractivity contribution in [3.63, 3.8) is 0 Å². The maximum atomic E-state index is 12.1. The van der Waals surface area contributed by atoms with Gasteiger partial charge in [-0.25, -0.2) is 0 Å². The first-order valence-electron chi connectivity index (χ1n) is 7.11. The van der Waals surface area contributed by atoms with Gasteiger partial charge in [0, 0.05) is 24.1 Å². The lowest BCUT2D eigenvalue weighted by Crippen LogP contribution is -2.51. The molecule has 2 atom stereocenters. The molecule has 0 bridgehead atoms. The molecule has 0 aliphatic carbocycles. The van der Waals surface area contributed by atoms with Crippen LogP contribution in [0.15, 0.2) is 28.7 Å². The minimum Gasteiger partial charge on any atom is -0.358 e. The largest absolute Gasteiger partial charge is 0.358 e. The predicted octanol–water partition coefficient (Wildman–Crippen LogP) is 2.05. The zero-order valence-electron chi connectivity index (χ0n) is 11.8. The van der Waals surface area contributed by atoms with Gasteiger partial charge in [0.1, 0.15) is 0 Å². The number of likely N-dealkylation sites (N-methyl/N-ethyl adjacent to an activating group) is 1. The van der Waals surface area contributed by atoms with Crippen LogP contribution in [0.25, 0.3) is 0 Å². The second-order valence-electron chi connectivity index (χ2n) is 5.14. The first-order chi connectivity index (χ1) is 9.69. The van der Waals surface area contributed by atoms with E-state index in [1.807, 2.05) is 18.2 Å². The van der Waals surface area contributed by atoms with Crippen molar-refractivity contribution in [3.8, 4) is 0 Å². The zero-order valence-corrected chi connectivity index (χ0v) is 13.4. The minimum absolute atomic E-state index is 0.0746. The van der Waals surface area contributed by atoms with Crippen LogP contribution in [-0.4, -0.2) is 37.0 Å². The Morgan fingerprint density at radius 3 is 2.90 bits per heavy atom. The van der Waals surface area contributed by atoms with Gasteiger partial charge in [-0.2, -0.15) is 0 Å². The summed E-state index contributed by atoms with van der Waals surface area (Å²) in [5.74, 6) is 0.0928. The SMILES string of the molecule is CNC(=O)C1CCCCN1C(CN)c1ccccc1Br. The molecule has 0 radical (unpaired) electrons. The molecule has 2 rings (SSSR count). The van der Waals surface area contributed by atoms with Gasteiger partial charge in [-0.1, -0.05) is 40.5 Å². The summed E-state index contributed by atoms with van der Waals surface area (Å²) in [7, 11) is 1.70. The monoisotopic (exact) mass is 339 g/mol. The highest BCUT2D eigenvalue weighted by Crippen LogP contribution is 2.32. The number of likely N-dealkylation sites (tertiary alicyclic amines) is 1. The van der Waals surface area contributed by atoms with Gasteiger partial charge in [0.15, 0.2) is 0 Å². The third-order valence-electron chi connectivity index (χ3n) is 3.98. The molecule has 1 amide bonds. The number of hydrogen-bond acceptors (Lipinski definition) is 3. The van der Waals surface area contributed by atoms with Crippen molar-refractivity contribution in [1.82, 2.24) is 10.2 Å². The van der Waals surface area contributed by atoms with E-state index >= 15 is 0 Å². The molecule has 1 saturated heterocycles. The lowest BCUT2D eigenvalue weighted by Gasteiger charge is -2.40. The van der Waals surface area contributed by atoms with Crippen molar-refractivity contribution < 1.29 is 4.79 Å². The lowest BCUT2D eigenvalue weighted by molar-refractivity contribution is -0.128. The van der Waals surface area contributed by atoms with Gasteiger partial charge in [0.2, 0.25) is 5.91 Å².